The first-order chi connectivity index (χ1) is 14.7. The summed E-state index contributed by atoms with van der Waals surface area (Å²) in [5.41, 5.74) is 6.32. The zero-order valence-corrected chi connectivity index (χ0v) is 19.4. The van der Waals surface area contributed by atoms with Crippen molar-refractivity contribution in [3.8, 4) is 0 Å². The standard InChI is InChI=1S/C11H18N5O12P3S/c1-24-8-7(17)5(2-25-31(23,32)28-30(21,22)27-29(18,19)20)26-11(8)16-4-15-6-9(12)13-3-14-10(6)16/h3-5,7-8,11,17H,2H2,1H3,(H,21,22)(H,23,32)(H2,12,13,14)(H2,18,19,20)/t5-,7-,8-,11-,31?/m1/s1. The Labute approximate surface area is 184 Å². The van der Waals surface area contributed by atoms with Crippen LogP contribution in [0.1, 0.15) is 6.23 Å². The molecule has 2 aromatic heterocycles. The maximum atomic E-state index is 11.6. The molecule has 7 N–H and O–H groups in total. The minimum Gasteiger partial charge on any atom is -0.387 e. The van der Waals surface area contributed by atoms with Gasteiger partial charge >= 0.3 is 22.4 Å². The number of nitrogens with zero attached hydrogens (tertiary/aromatic N) is 4. The number of hydrogen-bond acceptors (Lipinski definition) is 13. The first-order valence-electron chi connectivity index (χ1n) is 8.31. The van der Waals surface area contributed by atoms with Gasteiger partial charge in [0.05, 0.1) is 12.9 Å². The lowest BCUT2D eigenvalue weighted by atomic mass is 10.1. The highest BCUT2D eigenvalue weighted by atomic mass is 32.5. The van der Waals surface area contributed by atoms with E-state index in [1.165, 1.54) is 24.3 Å². The maximum absolute atomic E-state index is 11.6. The fourth-order valence-electron chi connectivity index (χ4n) is 2.86. The molecule has 1 fully saturated rings. The van der Waals surface area contributed by atoms with E-state index < -0.39 is 53.5 Å². The van der Waals surface area contributed by atoms with Crippen LogP contribution in [0.2, 0.25) is 0 Å². The smallest absolute Gasteiger partial charge is 0.387 e. The quantitative estimate of drug-likeness (QED) is 0.213. The molecule has 180 valence electrons. The molecule has 1 aliphatic rings. The van der Waals surface area contributed by atoms with Crippen molar-refractivity contribution in [1.82, 2.24) is 19.5 Å². The number of ether oxygens (including phenoxy) is 2. The number of hydrogen-bond donors (Lipinski definition) is 6. The van der Waals surface area contributed by atoms with Gasteiger partial charge in [-0.15, -0.1) is 0 Å². The van der Waals surface area contributed by atoms with Crippen LogP contribution < -0.4 is 5.73 Å². The van der Waals surface area contributed by atoms with Crippen molar-refractivity contribution in [1.29, 1.82) is 0 Å². The monoisotopic (exact) mass is 537 g/mol. The van der Waals surface area contributed by atoms with Crippen molar-refractivity contribution in [2.45, 2.75) is 24.5 Å². The molecule has 0 radical (unpaired) electrons. The van der Waals surface area contributed by atoms with E-state index in [-0.39, 0.29) is 17.0 Å². The van der Waals surface area contributed by atoms with Crippen LogP contribution in [0.3, 0.4) is 0 Å². The van der Waals surface area contributed by atoms with Crippen molar-refractivity contribution in [2.24, 2.45) is 0 Å². The number of aromatic nitrogens is 4. The van der Waals surface area contributed by atoms with Crippen molar-refractivity contribution in [2.75, 3.05) is 19.5 Å². The lowest BCUT2D eigenvalue weighted by molar-refractivity contribution is -0.0567. The van der Waals surface area contributed by atoms with Crippen LogP contribution in [0.25, 0.3) is 11.2 Å². The molecule has 3 rings (SSSR count). The van der Waals surface area contributed by atoms with E-state index >= 15 is 0 Å². The molecule has 3 heterocycles. The van der Waals surface area contributed by atoms with Crippen molar-refractivity contribution in [3.63, 3.8) is 0 Å². The number of aliphatic hydroxyl groups is 1. The first-order valence-corrected chi connectivity index (χ1v) is 13.9. The fraction of sp³-hybridized carbons (Fsp3) is 0.545. The van der Waals surface area contributed by atoms with E-state index in [2.05, 4.69) is 35.4 Å². The molecular weight excluding hydrogens is 519 g/mol. The summed E-state index contributed by atoms with van der Waals surface area (Å²) >= 11 is 4.54. The van der Waals surface area contributed by atoms with Crippen LogP contribution in [0, 0.1) is 0 Å². The molecule has 0 spiro atoms. The summed E-state index contributed by atoms with van der Waals surface area (Å²) in [7, 11) is -9.61. The third-order valence-electron chi connectivity index (χ3n) is 4.06. The average Bonchev–Trinajstić information content (AvgIpc) is 3.18. The van der Waals surface area contributed by atoms with E-state index in [1.54, 1.807) is 0 Å². The molecule has 0 aromatic carbocycles. The third-order valence-corrected chi connectivity index (χ3v) is 8.78. The van der Waals surface area contributed by atoms with E-state index in [9.17, 15) is 24.0 Å². The molecule has 0 bridgehead atoms. The Morgan fingerprint density at radius 3 is 2.53 bits per heavy atom. The number of anilines is 1. The largest absolute Gasteiger partial charge is 0.488 e. The van der Waals surface area contributed by atoms with Crippen LogP contribution in [0.15, 0.2) is 12.7 Å². The summed E-state index contributed by atoms with van der Waals surface area (Å²) < 4.78 is 47.3. The molecular formula is C11H18N5O12P3S. The minimum absolute atomic E-state index is 0.116. The van der Waals surface area contributed by atoms with Crippen LogP contribution in [-0.2, 0) is 43.6 Å². The van der Waals surface area contributed by atoms with Gasteiger partial charge in [0.1, 0.15) is 30.2 Å². The normalized spacial score (nSPS) is 27.9. The number of aliphatic hydroxyl groups excluding tert-OH is 1. The molecule has 2 aromatic rings. The maximum Gasteiger partial charge on any atom is 0.488 e. The van der Waals surface area contributed by atoms with Crippen molar-refractivity contribution >= 4 is 51.2 Å². The Bertz CT molecular complexity index is 1130. The Balaban J connectivity index is 1.73. The molecule has 0 saturated carbocycles. The van der Waals surface area contributed by atoms with Crippen molar-refractivity contribution in [3.05, 3.63) is 12.7 Å². The second-order valence-electron chi connectivity index (χ2n) is 6.23. The minimum atomic E-state index is -5.47. The van der Waals surface area contributed by atoms with Gasteiger partial charge in [0.15, 0.2) is 17.7 Å². The van der Waals surface area contributed by atoms with Gasteiger partial charge in [-0.25, -0.2) is 28.4 Å². The Kier molecular flexibility index (Phi) is 7.52. The zero-order valence-electron chi connectivity index (χ0n) is 15.9. The number of nitrogens with two attached hydrogens (primary N) is 1. The Morgan fingerprint density at radius 2 is 1.91 bits per heavy atom. The highest BCUT2D eigenvalue weighted by Gasteiger charge is 2.47. The molecule has 17 nitrogen and oxygen atoms in total. The van der Waals surface area contributed by atoms with Crippen LogP contribution in [0.5, 0.6) is 0 Å². The number of rotatable bonds is 9. The van der Waals surface area contributed by atoms with E-state index in [4.69, 9.17) is 29.5 Å². The SMILES string of the molecule is CO[C@@H]1[C@H](O)[C@@H](COP(O)(=S)OP(=O)(O)OP(=O)(O)O)O[C@H]1n1cnc2c(N)ncnc21. The van der Waals surface area contributed by atoms with Crippen LogP contribution in [-0.4, -0.2) is 76.2 Å². The molecule has 0 amide bonds. The average molecular weight is 537 g/mol. The summed E-state index contributed by atoms with van der Waals surface area (Å²) in [5.74, 6) is 0.116. The van der Waals surface area contributed by atoms with Gasteiger partial charge in [0.2, 0.25) is 0 Å². The van der Waals surface area contributed by atoms with Gasteiger partial charge in [-0.1, -0.05) is 0 Å². The molecule has 21 heteroatoms. The Morgan fingerprint density at radius 1 is 1.22 bits per heavy atom. The highest BCUT2D eigenvalue weighted by Crippen LogP contribution is 2.66. The van der Waals surface area contributed by atoms with E-state index in [0.717, 1.165) is 0 Å². The highest BCUT2D eigenvalue weighted by molar-refractivity contribution is 8.08. The van der Waals surface area contributed by atoms with Gasteiger partial charge < -0.3 is 44.4 Å². The lowest BCUT2D eigenvalue weighted by Crippen LogP contribution is -2.35. The predicted octanol–water partition coefficient (Wildman–Crippen LogP) is -0.859. The van der Waals surface area contributed by atoms with Gasteiger partial charge in [0.25, 0.3) is 0 Å². The molecule has 1 saturated heterocycles. The first kappa shape index (κ1) is 25.7. The lowest BCUT2D eigenvalue weighted by Gasteiger charge is -2.21. The Hall–Kier alpha value is -0.940. The van der Waals surface area contributed by atoms with Gasteiger partial charge in [-0.05, 0) is 11.8 Å². The summed E-state index contributed by atoms with van der Waals surface area (Å²) in [5, 5.41) is 10.5. The number of fused-ring (bicyclic) bond motifs is 1. The van der Waals surface area contributed by atoms with Gasteiger partial charge in [-0.2, -0.15) is 4.31 Å². The number of methoxy groups -OCH3 is 1. The van der Waals surface area contributed by atoms with Crippen LogP contribution >= 0.6 is 22.4 Å². The second kappa shape index (κ2) is 9.37. The molecule has 6 atom stereocenters. The molecule has 0 aliphatic carbocycles. The number of phosphoric acid groups is 2. The number of nitrogen functional groups attached to an aromatic ring is 1. The van der Waals surface area contributed by atoms with Gasteiger partial charge in [0, 0.05) is 7.11 Å². The molecule has 32 heavy (non-hydrogen) atoms. The summed E-state index contributed by atoms with van der Waals surface area (Å²) in [6, 6.07) is 0. The topological polar surface area (TPSA) is 251 Å². The predicted molar refractivity (Wildman–Crippen MR) is 107 cm³/mol. The van der Waals surface area contributed by atoms with Crippen LogP contribution in [0.4, 0.5) is 5.82 Å². The molecule has 2 unspecified atom stereocenters. The number of imidazole rings is 1. The van der Waals surface area contributed by atoms with E-state index in [1.807, 2.05) is 0 Å². The van der Waals surface area contributed by atoms with Crippen molar-refractivity contribution < 1.29 is 56.4 Å². The zero-order chi connectivity index (χ0) is 23.9. The summed E-state index contributed by atoms with van der Waals surface area (Å²) in [4.78, 5) is 48.4. The van der Waals surface area contributed by atoms with Gasteiger partial charge in [-0.3, -0.25) is 4.57 Å². The third kappa shape index (κ3) is 5.94. The van der Waals surface area contributed by atoms with E-state index in [0.29, 0.717) is 0 Å². The summed E-state index contributed by atoms with van der Waals surface area (Å²) in [6.45, 7) is -5.23. The fourth-order valence-corrected chi connectivity index (χ4v) is 6.83. The second-order valence-corrected chi connectivity index (χ2v) is 12.0. The molecule has 1 aliphatic heterocycles. The summed E-state index contributed by atoms with van der Waals surface area (Å²) in [6.07, 6.45) is -1.96.